The first-order valence-electron chi connectivity index (χ1n) is 19.9. The average Bonchev–Trinajstić information content (AvgIpc) is 3.47. The van der Waals surface area contributed by atoms with Crippen LogP contribution in [0.5, 0.6) is 0 Å². The minimum atomic E-state index is -0.739. The molecule has 11 nitrogen and oxygen atoms in total. The van der Waals surface area contributed by atoms with E-state index in [1.54, 1.807) is 0 Å². The number of hydrogen-bond acceptors (Lipinski definition) is 9. The lowest BCUT2D eigenvalue weighted by Crippen LogP contribution is -2.59. The number of carbonyl (C=O) groups is 4. The molecule has 0 radical (unpaired) electrons. The van der Waals surface area contributed by atoms with Crippen molar-refractivity contribution in [2.24, 2.45) is 46.3 Å². The Morgan fingerprint density at radius 3 is 2.35 bits per heavy atom. The number of aliphatic hydroxyl groups is 1. The third-order valence-corrected chi connectivity index (χ3v) is 13.6. The molecule has 0 aromatic rings. The van der Waals surface area contributed by atoms with Crippen molar-refractivity contribution in [3.05, 3.63) is 0 Å². The van der Waals surface area contributed by atoms with Crippen LogP contribution in [0.1, 0.15) is 118 Å². The van der Waals surface area contributed by atoms with E-state index in [0.29, 0.717) is 94.3 Å². The molecule has 0 saturated heterocycles. The standard InChI is InChI=1S/C40H67NO10/c1-5-48-19-6-7-29(42)25-50-22-21-49-20-18-41-37(45)14-10-30(43)26-51-31-16-17-39(3)28(23-31)9-11-32-34-13-12-33(27(2)8-15-38(46)47)40(34,4)36(44)24-35(32)39/h27-28,31-36,44H,5-26H2,1-4H3,(H,41,45)(H,46,47)/t27-,28-,31+,32+,33-,34?,35+,36+,39+,40-/m1/s1. The second-order valence-electron chi connectivity index (χ2n) is 16.5. The molecule has 0 aromatic carbocycles. The molecule has 0 bridgehead atoms. The number of nitrogens with one attached hydrogen (secondary N) is 1. The van der Waals surface area contributed by atoms with Crippen molar-refractivity contribution >= 4 is 23.4 Å². The van der Waals surface area contributed by atoms with Crippen LogP contribution >= 0.6 is 0 Å². The minimum Gasteiger partial charge on any atom is -0.481 e. The largest absolute Gasteiger partial charge is 0.481 e. The molecule has 0 heterocycles. The maximum Gasteiger partial charge on any atom is 0.303 e. The zero-order chi connectivity index (χ0) is 37.0. The smallest absolute Gasteiger partial charge is 0.303 e. The van der Waals surface area contributed by atoms with E-state index in [-0.39, 0.29) is 73.0 Å². The molecule has 4 aliphatic carbocycles. The van der Waals surface area contributed by atoms with E-state index in [1.807, 2.05) is 6.92 Å². The SMILES string of the molecule is CCOCCCC(=O)COCCOCCNC(=O)CCC(=O)CO[C@H]1CC[C@@]2(C)[C@H](CC[C@H]3C4CC[C@H]([C@H](C)CCC(=O)O)[C@@]4(C)[C@@H](O)C[C@@H]32)C1. The van der Waals surface area contributed by atoms with Gasteiger partial charge in [0.15, 0.2) is 11.6 Å². The Morgan fingerprint density at radius 2 is 1.59 bits per heavy atom. The summed E-state index contributed by atoms with van der Waals surface area (Å²) >= 11 is 0. The Labute approximate surface area is 305 Å². The molecule has 1 unspecified atom stereocenters. The van der Waals surface area contributed by atoms with E-state index in [4.69, 9.17) is 18.9 Å². The van der Waals surface area contributed by atoms with Gasteiger partial charge in [-0.25, -0.2) is 0 Å². The van der Waals surface area contributed by atoms with Gasteiger partial charge in [0.25, 0.3) is 0 Å². The van der Waals surface area contributed by atoms with Crippen molar-refractivity contribution in [2.75, 3.05) is 52.8 Å². The van der Waals surface area contributed by atoms with Crippen LogP contribution in [0, 0.1) is 46.3 Å². The molecule has 0 spiro atoms. The quantitative estimate of drug-likeness (QED) is 0.117. The highest BCUT2D eigenvalue weighted by Gasteiger charge is 2.63. The maximum absolute atomic E-state index is 12.6. The van der Waals surface area contributed by atoms with Gasteiger partial charge in [-0.2, -0.15) is 0 Å². The highest BCUT2D eigenvalue weighted by molar-refractivity contribution is 5.85. The first-order chi connectivity index (χ1) is 24.4. The van der Waals surface area contributed by atoms with Crippen LogP contribution in [0.25, 0.3) is 0 Å². The fraction of sp³-hybridized carbons (Fsp3) is 0.900. The molecule has 4 saturated carbocycles. The monoisotopic (exact) mass is 721 g/mol. The van der Waals surface area contributed by atoms with Crippen LogP contribution in [0.15, 0.2) is 0 Å². The molecule has 4 aliphatic rings. The molecule has 11 heteroatoms. The number of aliphatic hydroxyl groups excluding tert-OH is 1. The zero-order valence-corrected chi connectivity index (χ0v) is 31.8. The molecule has 0 aromatic heterocycles. The Kier molecular flexibility index (Phi) is 16.4. The van der Waals surface area contributed by atoms with Gasteiger partial charge in [0.2, 0.25) is 5.91 Å². The second-order valence-corrected chi connectivity index (χ2v) is 16.5. The van der Waals surface area contributed by atoms with Crippen molar-refractivity contribution in [3.8, 4) is 0 Å². The molecular weight excluding hydrogens is 654 g/mol. The van der Waals surface area contributed by atoms with Crippen molar-refractivity contribution in [3.63, 3.8) is 0 Å². The zero-order valence-electron chi connectivity index (χ0n) is 31.8. The second kappa shape index (κ2) is 20.0. The van der Waals surface area contributed by atoms with Gasteiger partial charge in [-0.05, 0) is 117 Å². The predicted octanol–water partition coefficient (Wildman–Crippen LogP) is 5.39. The fourth-order valence-corrected chi connectivity index (χ4v) is 10.7. The first kappa shape index (κ1) is 41.8. The number of Topliss-reactive ketones (excluding diaryl/α,β-unsaturated/α-hetero) is 2. The van der Waals surface area contributed by atoms with Gasteiger partial charge in [0.1, 0.15) is 13.2 Å². The Morgan fingerprint density at radius 1 is 0.824 bits per heavy atom. The van der Waals surface area contributed by atoms with Crippen molar-refractivity contribution in [2.45, 2.75) is 130 Å². The average molecular weight is 722 g/mol. The van der Waals surface area contributed by atoms with Crippen LogP contribution in [-0.2, 0) is 38.1 Å². The van der Waals surface area contributed by atoms with E-state index < -0.39 is 5.97 Å². The molecule has 4 rings (SSSR count). The predicted molar refractivity (Wildman–Crippen MR) is 192 cm³/mol. The van der Waals surface area contributed by atoms with Gasteiger partial charge < -0.3 is 34.5 Å². The molecule has 51 heavy (non-hydrogen) atoms. The summed E-state index contributed by atoms with van der Waals surface area (Å²) in [6, 6.07) is 0. The number of hydrogen-bond donors (Lipinski definition) is 3. The molecule has 10 atom stereocenters. The van der Waals surface area contributed by atoms with Crippen LogP contribution in [-0.4, -0.2) is 98.7 Å². The van der Waals surface area contributed by atoms with Gasteiger partial charge >= 0.3 is 5.97 Å². The number of carbonyl (C=O) groups excluding carboxylic acids is 3. The van der Waals surface area contributed by atoms with Gasteiger partial charge in [-0.1, -0.05) is 20.8 Å². The molecule has 3 N–H and O–H groups in total. The summed E-state index contributed by atoms with van der Waals surface area (Å²) in [5, 5.41) is 23.8. The third-order valence-electron chi connectivity index (χ3n) is 13.6. The summed E-state index contributed by atoms with van der Waals surface area (Å²) in [5.41, 5.74) is 0.00998. The van der Waals surface area contributed by atoms with E-state index in [1.165, 1.54) is 6.42 Å². The summed E-state index contributed by atoms with van der Waals surface area (Å²) in [6.07, 6.45) is 10.2. The molecule has 1 amide bonds. The number of ketones is 2. The fourth-order valence-electron chi connectivity index (χ4n) is 10.7. The number of rotatable bonds is 23. The van der Waals surface area contributed by atoms with Crippen molar-refractivity contribution < 1.29 is 48.3 Å². The molecule has 292 valence electrons. The van der Waals surface area contributed by atoms with Crippen LogP contribution < -0.4 is 5.32 Å². The van der Waals surface area contributed by atoms with Gasteiger partial charge in [0.05, 0.1) is 32.0 Å². The van der Waals surface area contributed by atoms with Crippen molar-refractivity contribution in [1.82, 2.24) is 5.32 Å². The summed E-state index contributed by atoms with van der Waals surface area (Å²) in [7, 11) is 0. The lowest BCUT2D eigenvalue weighted by molar-refractivity contribution is -0.178. The number of aliphatic carboxylic acids is 1. The Balaban J connectivity index is 1.09. The Hall–Kier alpha value is -1.92. The van der Waals surface area contributed by atoms with E-state index >= 15 is 0 Å². The van der Waals surface area contributed by atoms with Gasteiger partial charge in [-0.15, -0.1) is 0 Å². The van der Waals surface area contributed by atoms with Gasteiger partial charge in [0, 0.05) is 45.4 Å². The lowest BCUT2D eigenvalue weighted by Gasteiger charge is -2.62. The highest BCUT2D eigenvalue weighted by Crippen LogP contribution is 2.68. The van der Waals surface area contributed by atoms with Crippen molar-refractivity contribution in [1.29, 1.82) is 0 Å². The lowest BCUT2D eigenvalue weighted by atomic mass is 9.43. The van der Waals surface area contributed by atoms with Gasteiger partial charge in [-0.3, -0.25) is 19.2 Å². The Bertz CT molecular complexity index is 1150. The van der Waals surface area contributed by atoms with Crippen LogP contribution in [0.2, 0.25) is 0 Å². The number of fused-ring (bicyclic) bond motifs is 5. The third kappa shape index (κ3) is 11.1. The van der Waals surface area contributed by atoms with E-state index in [9.17, 15) is 29.4 Å². The highest BCUT2D eigenvalue weighted by atomic mass is 16.5. The number of amides is 1. The normalized spacial score (nSPS) is 33.5. The van der Waals surface area contributed by atoms with Crippen LogP contribution in [0.3, 0.4) is 0 Å². The molecule has 0 aliphatic heterocycles. The molecule has 4 fully saturated rings. The molecular formula is C40H67NO10. The van der Waals surface area contributed by atoms with Crippen LogP contribution in [0.4, 0.5) is 0 Å². The number of ether oxygens (including phenoxy) is 4. The van der Waals surface area contributed by atoms with E-state index in [2.05, 4.69) is 26.1 Å². The van der Waals surface area contributed by atoms with E-state index in [0.717, 1.165) is 44.9 Å². The summed E-state index contributed by atoms with van der Waals surface area (Å²) < 4.78 is 22.2. The topological polar surface area (TPSA) is 158 Å². The first-order valence-corrected chi connectivity index (χ1v) is 19.9. The minimum absolute atomic E-state index is 0.0339. The summed E-state index contributed by atoms with van der Waals surface area (Å²) in [5.74, 6) is 1.79. The summed E-state index contributed by atoms with van der Waals surface area (Å²) in [6.45, 7) is 11.5. The number of carboxylic acid groups (broad SMARTS) is 1. The number of carboxylic acids is 1. The maximum atomic E-state index is 12.6. The summed E-state index contributed by atoms with van der Waals surface area (Å²) in [4.78, 5) is 47.9.